The van der Waals surface area contributed by atoms with E-state index in [9.17, 15) is 14.4 Å². The summed E-state index contributed by atoms with van der Waals surface area (Å²) in [4.78, 5) is 37.7. The smallest absolute Gasteiger partial charge is 0.308 e. The summed E-state index contributed by atoms with van der Waals surface area (Å²) in [6.07, 6.45) is 0.500. The second-order valence-corrected chi connectivity index (χ2v) is 9.56. The van der Waals surface area contributed by atoms with Crippen LogP contribution in [0.3, 0.4) is 0 Å². The van der Waals surface area contributed by atoms with E-state index in [1.165, 1.54) is 0 Å². The lowest BCUT2D eigenvalue weighted by molar-refractivity contribution is -0.118. The Bertz CT molecular complexity index is 1440. The van der Waals surface area contributed by atoms with Crippen LogP contribution in [0, 0.1) is 0 Å². The number of fused-ring (bicyclic) bond motifs is 1. The molecular formula is C28H23N3O3S. The van der Waals surface area contributed by atoms with Gasteiger partial charge in [0.1, 0.15) is 0 Å². The third-order valence-corrected chi connectivity index (χ3v) is 7.00. The zero-order valence-corrected chi connectivity index (χ0v) is 19.8. The lowest BCUT2D eigenvalue weighted by Gasteiger charge is -2.19. The van der Waals surface area contributed by atoms with Crippen molar-refractivity contribution in [3.05, 3.63) is 96.6 Å². The van der Waals surface area contributed by atoms with Crippen LogP contribution < -0.4 is 15.5 Å². The van der Waals surface area contributed by atoms with Gasteiger partial charge in [0.25, 0.3) is 5.24 Å². The van der Waals surface area contributed by atoms with E-state index in [1.54, 1.807) is 11.9 Å². The molecule has 4 aromatic rings. The molecule has 0 spiro atoms. The first-order valence-corrected chi connectivity index (χ1v) is 12.1. The molecule has 0 bridgehead atoms. The van der Waals surface area contributed by atoms with E-state index >= 15 is 0 Å². The van der Waals surface area contributed by atoms with Gasteiger partial charge in [-0.15, -0.1) is 0 Å². The van der Waals surface area contributed by atoms with Crippen molar-refractivity contribution in [3.63, 3.8) is 0 Å². The minimum atomic E-state index is -0.383. The fourth-order valence-corrected chi connectivity index (χ4v) is 4.92. The van der Waals surface area contributed by atoms with Gasteiger partial charge in [-0.05, 0) is 58.1 Å². The van der Waals surface area contributed by atoms with E-state index in [1.807, 2.05) is 91.0 Å². The molecule has 4 amide bonds. The summed E-state index contributed by atoms with van der Waals surface area (Å²) in [6.45, 7) is 0. The highest BCUT2D eigenvalue weighted by molar-refractivity contribution is 8.15. The van der Waals surface area contributed by atoms with Gasteiger partial charge >= 0.3 is 6.03 Å². The van der Waals surface area contributed by atoms with Gasteiger partial charge in [0, 0.05) is 18.4 Å². The Morgan fingerprint density at radius 2 is 1.66 bits per heavy atom. The number of rotatable bonds is 5. The van der Waals surface area contributed by atoms with Crippen LogP contribution >= 0.6 is 11.8 Å². The molecule has 1 heterocycles. The molecule has 0 radical (unpaired) electrons. The number of thioether (sulfide) groups is 1. The second-order valence-electron chi connectivity index (χ2n) is 8.39. The second kappa shape index (κ2) is 9.64. The van der Waals surface area contributed by atoms with E-state index < -0.39 is 0 Å². The lowest BCUT2D eigenvalue weighted by Crippen LogP contribution is -2.31. The van der Waals surface area contributed by atoms with E-state index in [4.69, 9.17) is 0 Å². The first-order valence-electron chi connectivity index (χ1n) is 11.2. The molecule has 5 rings (SSSR count). The number of hydrogen-bond donors (Lipinski definition) is 2. The van der Waals surface area contributed by atoms with Crippen LogP contribution in [-0.2, 0) is 11.2 Å². The van der Waals surface area contributed by atoms with Crippen molar-refractivity contribution in [1.82, 2.24) is 5.32 Å². The molecule has 1 atom stereocenters. The van der Waals surface area contributed by atoms with Crippen molar-refractivity contribution in [1.29, 1.82) is 0 Å². The van der Waals surface area contributed by atoms with Crippen LogP contribution in [0.2, 0.25) is 0 Å². The quantitative estimate of drug-likeness (QED) is 0.363. The number of imide groups is 1. The fourth-order valence-electron chi connectivity index (χ4n) is 4.06. The third-order valence-electron chi connectivity index (χ3n) is 6.01. The maximum atomic E-state index is 12.9. The molecule has 0 aromatic heterocycles. The van der Waals surface area contributed by atoms with Crippen LogP contribution in [0.4, 0.5) is 21.0 Å². The van der Waals surface area contributed by atoms with Gasteiger partial charge in [-0.3, -0.25) is 19.8 Å². The number of amides is 4. The minimum Gasteiger partial charge on any atom is -0.308 e. The molecular weight excluding hydrogens is 458 g/mol. The molecule has 1 aliphatic rings. The molecule has 0 saturated carbocycles. The standard InChI is InChI=1S/C28H23N3O3S/c1-31(27(33)29-23-14-13-19-5-2-3-6-21(19)16-23)24-8-4-7-22(17-24)20-11-9-18(10-12-20)15-25-26(32)30-28(34)35-25/h2-14,16-17,25H,15H2,1H3,(H,29,33)(H,30,32,34). The number of urea groups is 1. The number of nitrogens with zero attached hydrogens (tertiary/aromatic N) is 1. The number of anilines is 2. The zero-order valence-electron chi connectivity index (χ0n) is 19.0. The van der Waals surface area contributed by atoms with E-state index in [-0.39, 0.29) is 22.4 Å². The van der Waals surface area contributed by atoms with Gasteiger partial charge in [0.05, 0.1) is 5.25 Å². The highest BCUT2D eigenvalue weighted by Crippen LogP contribution is 2.27. The molecule has 1 fully saturated rings. The Hall–Kier alpha value is -4.10. The molecule has 1 aliphatic heterocycles. The average molecular weight is 482 g/mol. The zero-order chi connectivity index (χ0) is 24.4. The first-order chi connectivity index (χ1) is 17.0. The SMILES string of the molecule is CN(C(=O)Nc1ccc2ccccc2c1)c1cccc(-c2ccc(CC3SC(=O)NC3=O)cc2)c1. The highest BCUT2D eigenvalue weighted by Gasteiger charge is 2.31. The summed E-state index contributed by atoms with van der Waals surface area (Å²) in [7, 11) is 1.74. The minimum absolute atomic E-state index is 0.227. The average Bonchev–Trinajstić information content (AvgIpc) is 3.20. The third kappa shape index (κ3) is 5.05. The Balaban J connectivity index is 1.28. The Morgan fingerprint density at radius 1 is 0.886 bits per heavy atom. The highest BCUT2D eigenvalue weighted by atomic mass is 32.2. The van der Waals surface area contributed by atoms with Crippen molar-refractivity contribution in [2.45, 2.75) is 11.7 Å². The molecule has 7 heteroatoms. The Kier molecular flexibility index (Phi) is 6.25. The van der Waals surface area contributed by atoms with Crippen LogP contribution in [0.15, 0.2) is 91.0 Å². The van der Waals surface area contributed by atoms with Crippen LogP contribution in [0.1, 0.15) is 5.56 Å². The topological polar surface area (TPSA) is 78.5 Å². The largest absolute Gasteiger partial charge is 0.326 e. The van der Waals surface area contributed by atoms with Crippen molar-refractivity contribution in [2.24, 2.45) is 0 Å². The summed E-state index contributed by atoms with van der Waals surface area (Å²) < 4.78 is 0. The van der Waals surface area contributed by atoms with E-state index in [0.29, 0.717) is 6.42 Å². The van der Waals surface area contributed by atoms with Crippen LogP contribution in [0.5, 0.6) is 0 Å². The number of carbonyl (C=O) groups is 3. The molecule has 1 unspecified atom stereocenters. The fraction of sp³-hybridized carbons (Fsp3) is 0.107. The maximum absolute atomic E-state index is 12.9. The Morgan fingerprint density at radius 3 is 2.40 bits per heavy atom. The summed E-state index contributed by atoms with van der Waals surface area (Å²) in [5, 5.41) is 6.81. The van der Waals surface area contributed by atoms with Crippen molar-refractivity contribution < 1.29 is 14.4 Å². The van der Waals surface area contributed by atoms with Gasteiger partial charge in [0.2, 0.25) is 5.91 Å². The number of benzene rings is 4. The van der Waals surface area contributed by atoms with Gasteiger partial charge in [-0.1, -0.05) is 78.5 Å². The predicted octanol–water partition coefficient (Wildman–Crippen LogP) is 6.07. The van der Waals surface area contributed by atoms with Crippen molar-refractivity contribution in [2.75, 3.05) is 17.3 Å². The summed E-state index contributed by atoms with van der Waals surface area (Å²) in [6, 6.07) is 29.3. The molecule has 174 valence electrons. The predicted molar refractivity (Wildman–Crippen MR) is 142 cm³/mol. The molecule has 6 nitrogen and oxygen atoms in total. The normalized spacial score (nSPS) is 15.2. The van der Waals surface area contributed by atoms with E-state index in [0.717, 1.165) is 50.6 Å². The summed E-state index contributed by atoms with van der Waals surface area (Å²) in [5.41, 5.74) is 4.46. The summed E-state index contributed by atoms with van der Waals surface area (Å²) >= 11 is 1.03. The first kappa shape index (κ1) is 22.7. The number of hydrogen-bond acceptors (Lipinski definition) is 4. The molecule has 2 N–H and O–H groups in total. The van der Waals surface area contributed by atoms with Crippen molar-refractivity contribution in [3.8, 4) is 11.1 Å². The molecule has 4 aromatic carbocycles. The molecule has 0 aliphatic carbocycles. The van der Waals surface area contributed by atoms with Crippen LogP contribution in [0.25, 0.3) is 21.9 Å². The van der Waals surface area contributed by atoms with Gasteiger partial charge < -0.3 is 5.32 Å². The maximum Gasteiger partial charge on any atom is 0.326 e. The Labute approximate surface area is 207 Å². The van der Waals surface area contributed by atoms with Crippen molar-refractivity contribution >= 4 is 51.1 Å². The van der Waals surface area contributed by atoms with Crippen LogP contribution in [-0.4, -0.2) is 29.5 Å². The van der Waals surface area contributed by atoms with Gasteiger partial charge in [-0.25, -0.2) is 4.79 Å². The monoisotopic (exact) mass is 481 g/mol. The molecule has 35 heavy (non-hydrogen) atoms. The van der Waals surface area contributed by atoms with Gasteiger partial charge in [-0.2, -0.15) is 0 Å². The molecule has 1 saturated heterocycles. The van der Waals surface area contributed by atoms with Gasteiger partial charge in [0.15, 0.2) is 0 Å². The number of carbonyl (C=O) groups excluding carboxylic acids is 3. The summed E-state index contributed by atoms with van der Waals surface area (Å²) in [5.74, 6) is -0.234. The number of nitrogens with one attached hydrogen (secondary N) is 2. The lowest BCUT2D eigenvalue weighted by atomic mass is 10.0. The van der Waals surface area contributed by atoms with E-state index in [2.05, 4.69) is 10.6 Å².